The fourth-order valence-corrected chi connectivity index (χ4v) is 1.05. The van der Waals surface area contributed by atoms with E-state index in [9.17, 15) is 4.79 Å². The Morgan fingerprint density at radius 3 is 2.62 bits per heavy atom. The van der Waals surface area contributed by atoms with E-state index in [4.69, 9.17) is 9.52 Å². The summed E-state index contributed by atoms with van der Waals surface area (Å²) < 4.78 is 4.83. The van der Waals surface area contributed by atoms with Crippen LogP contribution in [-0.4, -0.2) is 56.5 Å². The molecule has 13 heavy (non-hydrogen) atoms. The van der Waals surface area contributed by atoms with Crippen molar-refractivity contribution in [3.05, 3.63) is 40.8 Å². The Kier molecular flexibility index (Phi) is 3.70. The summed E-state index contributed by atoms with van der Waals surface area (Å²) in [6.07, 6.45) is 0. The monoisotopic (exact) mass is 202 g/mol. The number of rotatable bonds is 0. The zero-order valence-electron chi connectivity index (χ0n) is 6.15. The van der Waals surface area contributed by atoms with Gasteiger partial charge in [-0.25, -0.2) is 4.79 Å². The molecule has 1 aromatic heterocycles. The average molecular weight is 202 g/mol. The van der Waals surface area contributed by atoms with Gasteiger partial charge in [-0.2, -0.15) is 0 Å². The van der Waals surface area contributed by atoms with Gasteiger partial charge in [0.1, 0.15) is 11.3 Å². The maximum atomic E-state index is 10.7. The quantitative estimate of drug-likeness (QED) is 0.509. The summed E-state index contributed by atoms with van der Waals surface area (Å²) in [4.78, 5) is 10.7. The second-order valence-electron chi connectivity index (χ2n) is 2.48. The molecule has 0 radical (unpaired) electrons. The van der Waals surface area contributed by atoms with Crippen LogP contribution in [0.3, 0.4) is 0 Å². The average Bonchev–Trinajstić information content (AvgIpc) is 2.03. The first-order valence-electron chi connectivity index (χ1n) is 3.48. The predicted molar refractivity (Wildman–Crippen MR) is 51.3 cm³/mol. The van der Waals surface area contributed by atoms with Crippen molar-refractivity contribution >= 4 is 62.4 Å². The summed E-state index contributed by atoms with van der Waals surface area (Å²) in [5.74, 6) is 0.0943. The second kappa shape index (κ2) is 4.39. The van der Waals surface area contributed by atoms with Gasteiger partial charge in [-0.3, -0.25) is 0 Å². The SMILES string of the molecule is O=c1ccc2ccc(O)cc2o1.[KH]. The van der Waals surface area contributed by atoms with Crippen LogP contribution >= 0.6 is 0 Å². The molecule has 1 aromatic carbocycles. The molecule has 0 atom stereocenters. The van der Waals surface area contributed by atoms with E-state index < -0.39 is 5.63 Å². The Morgan fingerprint density at radius 1 is 1.15 bits per heavy atom. The summed E-state index contributed by atoms with van der Waals surface area (Å²) in [7, 11) is 0. The molecule has 0 bridgehead atoms. The molecule has 0 saturated heterocycles. The van der Waals surface area contributed by atoms with Crippen LogP contribution in [0.1, 0.15) is 0 Å². The summed E-state index contributed by atoms with van der Waals surface area (Å²) in [5, 5.41) is 9.86. The van der Waals surface area contributed by atoms with Gasteiger partial charge in [0, 0.05) is 17.5 Å². The number of hydrogen-bond donors (Lipinski definition) is 1. The molecule has 0 aliphatic heterocycles. The number of phenolic OH excluding ortho intramolecular Hbond substituents is 1. The molecule has 0 aliphatic carbocycles. The summed E-state index contributed by atoms with van der Waals surface area (Å²) in [5.41, 5.74) is -0.00407. The normalized spacial score (nSPS) is 9.54. The minimum absolute atomic E-state index is 0. The maximum absolute atomic E-state index is 10.7. The Morgan fingerprint density at radius 2 is 1.85 bits per heavy atom. The Bertz CT molecular complexity index is 475. The van der Waals surface area contributed by atoms with Gasteiger partial charge in [0.25, 0.3) is 0 Å². The molecule has 0 fully saturated rings. The fraction of sp³-hybridized carbons (Fsp3) is 0. The number of aromatic hydroxyl groups is 1. The molecule has 2 rings (SSSR count). The predicted octanol–water partition coefficient (Wildman–Crippen LogP) is 0.850. The summed E-state index contributed by atoms with van der Waals surface area (Å²) in [6.45, 7) is 0. The van der Waals surface area contributed by atoms with Gasteiger partial charge < -0.3 is 9.52 Å². The molecule has 0 unspecified atom stereocenters. The number of phenols is 1. The van der Waals surface area contributed by atoms with Gasteiger partial charge in [-0.05, 0) is 18.2 Å². The van der Waals surface area contributed by atoms with E-state index in [-0.39, 0.29) is 57.1 Å². The van der Waals surface area contributed by atoms with Crippen molar-refractivity contribution in [3.63, 3.8) is 0 Å². The molecule has 0 spiro atoms. The van der Waals surface area contributed by atoms with Crippen LogP contribution in [0.5, 0.6) is 5.75 Å². The van der Waals surface area contributed by atoms with Gasteiger partial charge in [0.05, 0.1) is 0 Å². The topological polar surface area (TPSA) is 50.4 Å². The van der Waals surface area contributed by atoms with E-state index >= 15 is 0 Å². The minimum atomic E-state index is -0.409. The second-order valence-corrected chi connectivity index (χ2v) is 2.48. The Hall–Kier alpha value is -0.134. The molecule has 0 amide bonds. The van der Waals surface area contributed by atoms with Gasteiger partial charge in [-0.15, -0.1) is 0 Å². The van der Waals surface area contributed by atoms with E-state index in [0.717, 1.165) is 5.39 Å². The van der Waals surface area contributed by atoms with Crippen molar-refractivity contribution < 1.29 is 9.52 Å². The van der Waals surface area contributed by atoms with Crippen LogP contribution in [0, 0.1) is 0 Å². The Balaban J connectivity index is 0.000000845. The van der Waals surface area contributed by atoms with E-state index in [1.165, 1.54) is 12.1 Å². The van der Waals surface area contributed by atoms with Gasteiger partial charge in [0.15, 0.2) is 0 Å². The van der Waals surface area contributed by atoms with Crippen molar-refractivity contribution in [1.29, 1.82) is 0 Å². The third kappa shape index (κ3) is 2.42. The van der Waals surface area contributed by atoms with Crippen molar-refractivity contribution in [2.24, 2.45) is 0 Å². The first kappa shape index (κ1) is 10.9. The van der Waals surface area contributed by atoms with Gasteiger partial charge in [-0.1, -0.05) is 0 Å². The van der Waals surface area contributed by atoms with Crippen molar-refractivity contribution in [3.8, 4) is 5.75 Å². The van der Waals surface area contributed by atoms with E-state index in [0.29, 0.717) is 5.58 Å². The van der Waals surface area contributed by atoms with E-state index in [1.807, 2.05) is 0 Å². The van der Waals surface area contributed by atoms with Crippen LogP contribution in [0.2, 0.25) is 0 Å². The van der Waals surface area contributed by atoms with Crippen LogP contribution in [0.4, 0.5) is 0 Å². The summed E-state index contributed by atoms with van der Waals surface area (Å²) in [6, 6.07) is 7.65. The van der Waals surface area contributed by atoms with Gasteiger partial charge in [0.2, 0.25) is 0 Å². The first-order chi connectivity index (χ1) is 5.75. The third-order valence-corrected chi connectivity index (χ3v) is 1.61. The van der Waals surface area contributed by atoms with Crippen molar-refractivity contribution in [2.75, 3.05) is 0 Å². The van der Waals surface area contributed by atoms with Crippen LogP contribution < -0.4 is 5.63 Å². The van der Waals surface area contributed by atoms with E-state index in [1.54, 1.807) is 18.2 Å². The molecule has 4 heteroatoms. The fourth-order valence-electron chi connectivity index (χ4n) is 1.05. The molecule has 1 heterocycles. The van der Waals surface area contributed by atoms with Crippen molar-refractivity contribution in [2.45, 2.75) is 0 Å². The van der Waals surface area contributed by atoms with Gasteiger partial charge >= 0.3 is 57.0 Å². The molecule has 3 nitrogen and oxygen atoms in total. The van der Waals surface area contributed by atoms with Crippen LogP contribution in [0.15, 0.2) is 39.5 Å². The third-order valence-electron chi connectivity index (χ3n) is 1.61. The Labute approximate surface area is 117 Å². The molecule has 2 aromatic rings. The molecule has 0 aliphatic rings. The van der Waals surface area contributed by atoms with E-state index in [2.05, 4.69) is 0 Å². The molecule has 62 valence electrons. The van der Waals surface area contributed by atoms with Crippen molar-refractivity contribution in [1.82, 2.24) is 0 Å². The zero-order valence-corrected chi connectivity index (χ0v) is 6.15. The molecular weight excluding hydrogens is 195 g/mol. The molecule has 0 saturated carbocycles. The number of hydrogen-bond acceptors (Lipinski definition) is 3. The molecular formula is C9H7KO3. The van der Waals surface area contributed by atoms with Crippen LogP contribution in [0.25, 0.3) is 11.0 Å². The zero-order chi connectivity index (χ0) is 8.55. The van der Waals surface area contributed by atoms with Crippen LogP contribution in [-0.2, 0) is 0 Å². The standard InChI is InChI=1S/C9H6O3.K.H/c10-7-3-1-6-2-4-9(11)12-8(6)5-7;;/h1-5,10H;;. The number of benzene rings is 1. The number of fused-ring (bicyclic) bond motifs is 1. The first-order valence-corrected chi connectivity index (χ1v) is 3.48. The molecule has 1 N–H and O–H groups in total. The summed E-state index contributed by atoms with van der Waals surface area (Å²) >= 11 is 0.